The summed E-state index contributed by atoms with van der Waals surface area (Å²) in [5.74, 6) is -2.09. The topological polar surface area (TPSA) is 112 Å². The van der Waals surface area contributed by atoms with Crippen LogP contribution >= 0.6 is 0 Å². The Morgan fingerprint density at radius 1 is 1.16 bits per heavy atom. The van der Waals surface area contributed by atoms with Crippen LogP contribution in [-0.2, 0) is 0 Å². The van der Waals surface area contributed by atoms with Crippen molar-refractivity contribution in [1.82, 2.24) is 9.97 Å². The highest BCUT2D eigenvalue weighted by molar-refractivity contribution is 6.04. The monoisotopic (exact) mass is 259 g/mol. The van der Waals surface area contributed by atoms with Crippen LogP contribution in [0.5, 0.6) is 5.75 Å². The minimum atomic E-state index is -1.20. The maximum atomic E-state index is 11.8. The van der Waals surface area contributed by atoms with E-state index >= 15 is 0 Å². The molecule has 0 fully saturated rings. The number of aromatic hydroxyl groups is 1. The highest BCUT2D eigenvalue weighted by atomic mass is 16.4. The van der Waals surface area contributed by atoms with Crippen LogP contribution in [0.25, 0.3) is 0 Å². The second-order valence-corrected chi connectivity index (χ2v) is 3.56. The highest BCUT2D eigenvalue weighted by Gasteiger charge is 2.13. The zero-order valence-electron chi connectivity index (χ0n) is 9.57. The number of carbonyl (C=O) groups excluding carboxylic acids is 1. The third-order valence-electron chi connectivity index (χ3n) is 2.24. The van der Waals surface area contributed by atoms with Gasteiger partial charge in [0.2, 0.25) is 0 Å². The molecule has 0 aromatic carbocycles. The van der Waals surface area contributed by atoms with Gasteiger partial charge in [0.1, 0.15) is 11.4 Å². The summed E-state index contributed by atoms with van der Waals surface area (Å²) in [6, 6.07) is 5.46. The van der Waals surface area contributed by atoms with Crippen LogP contribution in [0, 0.1) is 0 Å². The van der Waals surface area contributed by atoms with E-state index in [0.29, 0.717) is 0 Å². The Morgan fingerprint density at radius 2 is 1.95 bits per heavy atom. The second-order valence-electron chi connectivity index (χ2n) is 3.56. The average molecular weight is 259 g/mol. The number of carboxylic acid groups (broad SMARTS) is 1. The number of pyridine rings is 2. The van der Waals surface area contributed by atoms with Gasteiger partial charge in [-0.25, -0.2) is 14.8 Å². The van der Waals surface area contributed by atoms with E-state index in [2.05, 4.69) is 15.3 Å². The number of aromatic carboxylic acids is 1. The Labute approximate surface area is 107 Å². The van der Waals surface area contributed by atoms with E-state index in [1.165, 1.54) is 36.7 Å². The Morgan fingerprint density at radius 3 is 2.63 bits per heavy atom. The lowest BCUT2D eigenvalue weighted by molar-refractivity contribution is 0.0690. The molecule has 2 aromatic heterocycles. The van der Waals surface area contributed by atoms with E-state index in [1.54, 1.807) is 0 Å². The zero-order valence-corrected chi connectivity index (χ0v) is 9.57. The first kappa shape index (κ1) is 12.5. The Hall–Kier alpha value is -2.96. The lowest BCUT2D eigenvalue weighted by Gasteiger charge is -2.06. The number of aromatic nitrogens is 2. The summed E-state index contributed by atoms with van der Waals surface area (Å²) in [5.41, 5.74) is -0.0818. The van der Waals surface area contributed by atoms with E-state index < -0.39 is 11.9 Å². The molecule has 0 radical (unpaired) electrons. The van der Waals surface area contributed by atoms with Crippen molar-refractivity contribution in [2.45, 2.75) is 0 Å². The fourth-order valence-electron chi connectivity index (χ4n) is 1.39. The van der Waals surface area contributed by atoms with Gasteiger partial charge in [-0.2, -0.15) is 0 Å². The summed E-state index contributed by atoms with van der Waals surface area (Å²) in [5, 5.41) is 20.7. The van der Waals surface area contributed by atoms with Gasteiger partial charge in [0.15, 0.2) is 5.69 Å². The molecule has 7 heteroatoms. The number of carboxylic acids is 1. The van der Waals surface area contributed by atoms with Gasteiger partial charge in [0.25, 0.3) is 5.91 Å². The Balaban J connectivity index is 2.22. The summed E-state index contributed by atoms with van der Waals surface area (Å²) in [7, 11) is 0. The third-order valence-corrected chi connectivity index (χ3v) is 2.24. The number of nitrogens with zero attached hydrogens (tertiary/aromatic N) is 2. The molecule has 96 valence electrons. The molecule has 0 aliphatic rings. The molecule has 0 atom stereocenters. The van der Waals surface area contributed by atoms with Crippen molar-refractivity contribution in [3.8, 4) is 5.75 Å². The molecule has 0 unspecified atom stereocenters. The zero-order chi connectivity index (χ0) is 13.8. The Bertz CT molecular complexity index is 642. The molecule has 2 heterocycles. The molecule has 3 N–H and O–H groups in total. The van der Waals surface area contributed by atoms with Gasteiger partial charge in [-0.3, -0.25) is 4.79 Å². The van der Waals surface area contributed by atoms with Gasteiger partial charge < -0.3 is 15.5 Å². The summed E-state index contributed by atoms with van der Waals surface area (Å²) in [6.45, 7) is 0. The SMILES string of the molecule is O=C(O)c1cc(NC(=O)c2ncccc2O)ccn1. The number of amides is 1. The van der Waals surface area contributed by atoms with Crippen LogP contribution in [0.1, 0.15) is 21.0 Å². The number of hydrogen-bond donors (Lipinski definition) is 3. The minimum absolute atomic E-state index is 0.142. The van der Waals surface area contributed by atoms with E-state index in [-0.39, 0.29) is 22.8 Å². The van der Waals surface area contributed by atoms with Gasteiger partial charge in [0, 0.05) is 18.1 Å². The predicted molar refractivity (Wildman–Crippen MR) is 65.1 cm³/mol. The van der Waals surface area contributed by atoms with Crippen LogP contribution in [0.15, 0.2) is 36.7 Å². The van der Waals surface area contributed by atoms with E-state index in [1.807, 2.05) is 0 Å². The number of rotatable bonds is 3. The van der Waals surface area contributed by atoms with Crippen molar-refractivity contribution in [3.05, 3.63) is 48.0 Å². The first-order valence-corrected chi connectivity index (χ1v) is 5.22. The van der Waals surface area contributed by atoms with E-state index in [0.717, 1.165) is 0 Å². The molecule has 7 nitrogen and oxygen atoms in total. The first-order chi connectivity index (χ1) is 9.08. The molecule has 0 saturated carbocycles. The van der Waals surface area contributed by atoms with Crippen molar-refractivity contribution in [3.63, 3.8) is 0 Å². The van der Waals surface area contributed by atoms with Crippen molar-refractivity contribution >= 4 is 17.6 Å². The largest absolute Gasteiger partial charge is 0.505 e. The van der Waals surface area contributed by atoms with E-state index in [9.17, 15) is 14.7 Å². The number of nitrogens with one attached hydrogen (secondary N) is 1. The number of carbonyl (C=O) groups is 2. The fourth-order valence-corrected chi connectivity index (χ4v) is 1.39. The van der Waals surface area contributed by atoms with Crippen molar-refractivity contribution in [2.75, 3.05) is 5.32 Å². The highest BCUT2D eigenvalue weighted by Crippen LogP contribution is 2.15. The van der Waals surface area contributed by atoms with Gasteiger partial charge >= 0.3 is 5.97 Å². The number of anilines is 1. The van der Waals surface area contributed by atoms with E-state index in [4.69, 9.17) is 5.11 Å². The molecule has 0 bridgehead atoms. The average Bonchev–Trinajstić information content (AvgIpc) is 2.39. The van der Waals surface area contributed by atoms with Crippen molar-refractivity contribution in [1.29, 1.82) is 0 Å². The van der Waals surface area contributed by atoms with Gasteiger partial charge in [-0.05, 0) is 24.3 Å². The quantitative estimate of drug-likeness (QED) is 0.761. The van der Waals surface area contributed by atoms with Gasteiger partial charge in [-0.1, -0.05) is 0 Å². The maximum absolute atomic E-state index is 11.8. The van der Waals surface area contributed by atoms with Crippen LogP contribution in [-0.4, -0.2) is 32.1 Å². The summed E-state index contributed by atoms with van der Waals surface area (Å²) >= 11 is 0. The normalized spacial score (nSPS) is 9.89. The molecule has 1 amide bonds. The van der Waals surface area contributed by atoms with Crippen LogP contribution in [0.3, 0.4) is 0 Å². The smallest absolute Gasteiger partial charge is 0.354 e. The molecule has 0 aliphatic heterocycles. The molecule has 2 rings (SSSR count). The van der Waals surface area contributed by atoms with Crippen LogP contribution < -0.4 is 5.32 Å². The summed E-state index contributed by atoms with van der Waals surface area (Å²) < 4.78 is 0. The summed E-state index contributed by atoms with van der Waals surface area (Å²) in [6.07, 6.45) is 2.63. The standard InChI is InChI=1S/C12H9N3O4/c16-9-2-1-4-14-10(9)11(17)15-7-3-5-13-8(6-7)12(18)19/h1-6,16H,(H,18,19)(H,13,15,17). The maximum Gasteiger partial charge on any atom is 0.354 e. The van der Waals surface area contributed by atoms with Crippen molar-refractivity contribution in [2.24, 2.45) is 0 Å². The van der Waals surface area contributed by atoms with Gasteiger partial charge in [0.05, 0.1) is 0 Å². The second kappa shape index (κ2) is 5.13. The molecular weight excluding hydrogens is 250 g/mol. The van der Waals surface area contributed by atoms with Crippen LogP contribution in [0.4, 0.5) is 5.69 Å². The summed E-state index contributed by atoms with van der Waals surface area (Å²) in [4.78, 5) is 29.9. The fraction of sp³-hybridized carbons (Fsp3) is 0. The van der Waals surface area contributed by atoms with Crippen molar-refractivity contribution < 1.29 is 19.8 Å². The first-order valence-electron chi connectivity index (χ1n) is 5.22. The van der Waals surface area contributed by atoms with Crippen LogP contribution in [0.2, 0.25) is 0 Å². The predicted octanol–water partition coefficient (Wildman–Crippen LogP) is 1.13. The molecule has 19 heavy (non-hydrogen) atoms. The lowest BCUT2D eigenvalue weighted by atomic mass is 10.2. The third kappa shape index (κ3) is 2.83. The minimum Gasteiger partial charge on any atom is -0.505 e. The number of hydrogen-bond acceptors (Lipinski definition) is 5. The molecule has 0 spiro atoms. The molecule has 0 saturated heterocycles. The molecular formula is C12H9N3O4. The molecule has 0 aliphatic carbocycles. The molecule has 2 aromatic rings. The lowest BCUT2D eigenvalue weighted by Crippen LogP contribution is -2.14. The Kier molecular flexibility index (Phi) is 3.37. The van der Waals surface area contributed by atoms with Gasteiger partial charge in [-0.15, -0.1) is 0 Å².